The van der Waals surface area contributed by atoms with Gasteiger partial charge in [-0.3, -0.25) is 9.59 Å². The number of Topliss-reactive ketones (excluding diaryl/α,β-unsaturated/α-hetero) is 1. The lowest BCUT2D eigenvalue weighted by molar-refractivity contribution is 0.0780. The molecule has 0 radical (unpaired) electrons. The van der Waals surface area contributed by atoms with E-state index in [-0.39, 0.29) is 23.7 Å². The van der Waals surface area contributed by atoms with Crippen LogP contribution in [0.2, 0.25) is 0 Å². The van der Waals surface area contributed by atoms with Crippen LogP contribution in [0, 0.1) is 0 Å². The van der Waals surface area contributed by atoms with Gasteiger partial charge in [-0.1, -0.05) is 61.5 Å². The lowest BCUT2D eigenvalue weighted by atomic mass is 9.94. The molecule has 2 heterocycles. The highest BCUT2D eigenvalue weighted by Gasteiger charge is 2.30. The maximum absolute atomic E-state index is 13.4. The summed E-state index contributed by atoms with van der Waals surface area (Å²) in [6.07, 6.45) is 3.29. The molecule has 5 rings (SSSR count). The highest BCUT2D eigenvalue weighted by molar-refractivity contribution is 6.01. The Kier molecular flexibility index (Phi) is 6.14. The average Bonchev–Trinajstić information content (AvgIpc) is 3.45. The van der Waals surface area contributed by atoms with Gasteiger partial charge >= 0.3 is 0 Å². The molecule has 5 nitrogen and oxygen atoms in total. The third kappa shape index (κ3) is 4.25. The second-order valence-electron chi connectivity index (χ2n) is 9.00. The van der Waals surface area contributed by atoms with E-state index in [1.165, 1.54) is 11.1 Å². The van der Waals surface area contributed by atoms with Crippen LogP contribution in [0.15, 0.2) is 60.7 Å². The van der Waals surface area contributed by atoms with Crippen LogP contribution >= 0.6 is 0 Å². The van der Waals surface area contributed by atoms with Crippen molar-refractivity contribution in [2.45, 2.75) is 57.7 Å². The Hall–Kier alpha value is -3.18. The van der Waals surface area contributed by atoms with Crippen LogP contribution in [-0.4, -0.2) is 22.9 Å². The topological polar surface area (TPSA) is 60.3 Å². The molecule has 0 unspecified atom stereocenters. The zero-order valence-corrected chi connectivity index (χ0v) is 19.0. The average molecular weight is 443 g/mol. The van der Waals surface area contributed by atoms with Crippen LogP contribution in [0.5, 0.6) is 0 Å². The smallest absolute Gasteiger partial charge is 0.253 e. The first-order valence-electron chi connectivity index (χ1n) is 11.9. The Morgan fingerprint density at radius 3 is 2.73 bits per heavy atom. The number of carbonyl (C=O) groups excluding carboxylic acids is 2. The number of nitrogens with one attached hydrogen (secondary N) is 1. The Morgan fingerprint density at radius 1 is 1.12 bits per heavy atom. The van der Waals surface area contributed by atoms with Gasteiger partial charge in [-0.05, 0) is 47.9 Å². The van der Waals surface area contributed by atoms with Crippen molar-refractivity contribution in [2.75, 3.05) is 6.61 Å². The van der Waals surface area contributed by atoms with Gasteiger partial charge in [-0.25, -0.2) is 0 Å². The van der Waals surface area contributed by atoms with Crippen molar-refractivity contribution >= 4 is 11.7 Å². The van der Waals surface area contributed by atoms with Crippen molar-refractivity contribution in [1.82, 2.24) is 9.88 Å². The summed E-state index contributed by atoms with van der Waals surface area (Å²) in [5.74, 6) is 0.207. The zero-order chi connectivity index (χ0) is 22.8. The van der Waals surface area contributed by atoms with Crippen molar-refractivity contribution in [3.05, 3.63) is 94.3 Å². The lowest BCUT2D eigenvalue weighted by Crippen LogP contribution is -2.29. The molecule has 0 saturated heterocycles. The Balaban J connectivity index is 1.39. The molecule has 2 aromatic carbocycles. The monoisotopic (exact) mass is 442 g/mol. The summed E-state index contributed by atoms with van der Waals surface area (Å²) in [5.41, 5.74) is 5.72. The van der Waals surface area contributed by atoms with Gasteiger partial charge in [-0.2, -0.15) is 0 Å². The first-order chi connectivity index (χ1) is 16.2. The Labute approximate surface area is 194 Å². The van der Waals surface area contributed by atoms with Crippen molar-refractivity contribution in [1.29, 1.82) is 0 Å². The number of ketones is 1. The maximum Gasteiger partial charge on any atom is 0.253 e. The summed E-state index contributed by atoms with van der Waals surface area (Å²) >= 11 is 0. The number of amides is 1. The van der Waals surface area contributed by atoms with Gasteiger partial charge in [0.05, 0.1) is 36.2 Å². The summed E-state index contributed by atoms with van der Waals surface area (Å²) in [7, 11) is 0. The molecule has 3 aromatic rings. The number of benzene rings is 2. The predicted octanol–water partition coefficient (Wildman–Crippen LogP) is 5.20. The lowest BCUT2D eigenvalue weighted by Gasteiger charge is -2.21. The van der Waals surface area contributed by atoms with E-state index in [0.29, 0.717) is 37.4 Å². The number of rotatable bonds is 7. The molecule has 170 valence electrons. The molecular weight excluding hydrogens is 412 g/mol. The van der Waals surface area contributed by atoms with Gasteiger partial charge in [0, 0.05) is 13.0 Å². The molecule has 0 spiro atoms. The van der Waals surface area contributed by atoms with E-state index in [0.717, 1.165) is 30.5 Å². The fraction of sp³-hybridized carbons (Fsp3) is 0.357. The van der Waals surface area contributed by atoms with Gasteiger partial charge in [-0.15, -0.1) is 0 Å². The van der Waals surface area contributed by atoms with E-state index < -0.39 is 0 Å². The van der Waals surface area contributed by atoms with E-state index in [4.69, 9.17) is 4.74 Å². The predicted molar refractivity (Wildman–Crippen MR) is 127 cm³/mol. The van der Waals surface area contributed by atoms with Crippen molar-refractivity contribution in [3.63, 3.8) is 0 Å². The first kappa shape index (κ1) is 21.7. The second-order valence-corrected chi connectivity index (χ2v) is 9.00. The summed E-state index contributed by atoms with van der Waals surface area (Å²) in [6, 6.07) is 20.1. The minimum absolute atomic E-state index is 0.0760. The molecular formula is C28H30N2O3. The highest BCUT2D eigenvalue weighted by atomic mass is 16.5. The van der Waals surface area contributed by atoms with Crippen molar-refractivity contribution in [2.24, 2.45) is 0 Å². The molecule has 33 heavy (non-hydrogen) atoms. The van der Waals surface area contributed by atoms with Gasteiger partial charge in [0.2, 0.25) is 0 Å². The van der Waals surface area contributed by atoms with Crippen LogP contribution in [0.1, 0.15) is 81.4 Å². The van der Waals surface area contributed by atoms with Crippen molar-refractivity contribution in [3.8, 4) is 0 Å². The fourth-order valence-corrected chi connectivity index (χ4v) is 5.28. The van der Waals surface area contributed by atoms with Crippen LogP contribution in [-0.2, 0) is 24.3 Å². The summed E-state index contributed by atoms with van der Waals surface area (Å²) in [6.45, 7) is 3.56. The molecule has 1 aliphatic carbocycles. The van der Waals surface area contributed by atoms with Gasteiger partial charge < -0.3 is 14.6 Å². The third-order valence-corrected chi connectivity index (χ3v) is 7.04. The van der Waals surface area contributed by atoms with E-state index >= 15 is 0 Å². The minimum atomic E-state index is -0.148. The van der Waals surface area contributed by atoms with Gasteiger partial charge in [0.1, 0.15) is 0 Å². The number of aryl methyl sites for hydroxylation is 1. The third-order valence-electron chi connectivity index (χ3n) is 7.04. The van der Waals surface area contributed by atoms with Crippen LogP contribution in [0.4, 0.5) is 0 Å². The SMILES string of the molecule is CC[C@@H](NC(=O)c1cc(C(=O)C[C@H]2CCc3ccccc32)n2c1COCC2)c1ccccc1. The minimum Gasteiger partial charge on any atom is -0.373 e. The standard InChI is InChI=1S/C28H30N2O3/c1-2-24(20-9-4-3-5-10-20)29-28(32)23-17-25(30-14-15-33-18-26(23)30)27(31)16-21-13-12-19-8-6-7-11-22(19)21/h3-11,17,21,24H,2,12-16,18H2,1H3,(H,29,32)/t21-,24-/m1/s1. The molecule has 0 bridgehead atoms. The molecule has 1 aromatic heterocycles. The van der Waals surface area contributed by atoms with Crippen LogP contribution in [0.25, 0.3) is 0 Å². The largest absolute Gasteiger partial charge is 0.373 e. The number of hydrogen-bond acceptors (Lipinski definition) is 3. The molecule has 1 N–H and O–H groups in total. The number of hydrogen-bond donors (Lipinski definition) is 1. The number of nitrogens with zero attached hydrogens (tertiary/aromatic N) is 1. The van der Waals surface area contributed by atoms with Gasteiger partial charge in [0.15, 0.2) is 5.78 Å². The molecule has 0 fully saturated rings. The molecule has 1 amide bonds. The molecule has 2 aliphatic rings. The number of ether oxygens (including phenoxy) is 1. The quantitative estimate of drug-likeness (QED) is 0.512. The fourth-order valence-electron chi connectivity index (χ4n) is 5.28. The molecule has 5 heteroatoms. The second kappa shape index (κ2) is 9.36. The zero-order valence-electron chi connectivity index (χ0n) is 19.0. The number of carbonyl (C=O) groups is 2. The summed E-state index contributed by atoms with van der Waals surface area (Å²) < 4.78 is 7.67. The molecule has 0 saturated carbocycles. The maximum atomic E-state index is 13.4. The summed E-state index contributed by atoms with van der Waals surface area (Å²) in [4.78, 5) is 26.7. The van der Waals surface area contributed by atoms with E-state index in [1.807, 2.05) is 34.9 Å². The summed E-state index contributed by atoms with van der Waals surface area (Å²) in [5, 5.41) is 3.17. The van der Waals surface area contributed by atoms with E-state index in [1.54, 1.807) is 6.07 Å². The normalized spacial score (nSPS) is 17.8. The highest BCUT2D eigenvalue weighted by Crippen LogP contribution is 2.36. The van der Waals surface area contributed by atoms with Crippen molar-refractivity contribution < 1.29 is 14.3 Å². The number of aromatic nitrogens is 1. The van der Waals surface area contributed by atoms with Crippen LogP contribution in [0.3, 0.4) is 0 Å². The number of fused-ring (bicyclic) bond motifs is 2. The first-order valence-corrected chi connectivity index (χ1v) is 11.9. The molecule has 1 aliphatic heterocycles. The Bertz CT molecular complexity index is 1120. The van der Waals surface area contributed by atoms with E-state index in [2.05, 4.69) is 36.5 Å². The Morgan fingerprint density at radius 2 is 1.91 bits per heavy atom. The van der Waals surface area contributed by atoms with Gasteiger partial charge in [0.25, 0.3) is 5.91 Å². The molecule has 2 atom stereocenters. The van der Waals surface area contributed by atoms with E-state index in [9.17, 15) is 9.59 Å². The van der Waals surface area contributed by atoms with Crippen LogP contribution < -0.4 is 5.32 Å².